The number of benzene rings is 1. The van der Waals surface area contributed by atoms with E-state index in [0.717, 1.165) is 12.1 Å². The minimum absolute atomic E-state index is 0.191. The van der Waals surface area contributed by atoms with Gasteiger partial charge in [-0.1, -0.05) is 0 Å². The fourth-order valence-electron chi connectivity index (χ4n) is 1.19. The molecular weight excluding hydrogens is 253 g/mol. The van der Waals surface area contributed by atoms with Crippen LogP contribution in [0.3, 0.4) is 0 Å². The van der Waals surface area contributed by atoms with Crippen molar-refractivity contribution in [2.75, 3.05) is 5.32 Å². The third kappa shape index (κ3) is 3.67. The molecule has 1 rings (SSSR count). The second-order valence-electron chi connectivity index (χ2n) is 4.32. The molecule has 6 nitrogen and oxygen atoms in total. The van der Waals surface area contributed by atoms with Crippen LogP contribution < -0.4 is 10.6 Å². The average Bonchev–Trinajstić information content (AvgIpc) is 2.30. The predicted molar refractivity (Wildman–Crippen MR) is 65.0 cm³/mol. The summed E-state index contributed by atoms with van der Waals surface area (Å²) in [5.41, 5.74) is -1.46. The van der Waals surface area contributed by atoms with Crippen LogP contribution in [-0.4, -0.2) is 22.6 Å². The molecule has 1 aromatic carbocycles. The molecule has 0 aliphatic rings. The number of halogens is 1. The first kappa shape index (κ1) is 14.4. The van der Waals surface area contributed by atoms with Crippen LogP contribution in [0.1, 0.15) is 19.4 Å². The number of nitriles is 1. The maximum absolute atomic E-state index is 13.1. The van der Waals surface area contributed by atoms with Crippen molar-refractivity contribution in [3.8, 4) is 6.07 Å². The third-order valence-electron chi connectivity index (χ3n) is 2.31. The molecule has 0 bridgehead atoms. The molecular formula is C12H12FN3O3. The molecule has 7 heteroatoms. The molecule has 0 aliphatic heterocycles. The largest absolute Gasteiger partial charge is 0.480 e. The number of urea groups is 1. The second-order valence-corrected chi connectivity index (χ2v) is 4.32. The zero-order valence-corrected chi connectivity index (χ0v) is 10.3. The molecule has 0 radical (unpaired) electrons. The summed E-state index contributed by atoms with van der Waals surface area (Å²) in [6.07, 6.45) is 0. The van der Waals surface area contributed by atoms with Crippen molar-refractivity contribution in [2.24, 2.45) is 0 Å². The Kier molecular flexibility index (Phi) is 4.07. The Morgan fingerprint density at radius 3 is 2.58 bits per heavy atom. The number of hydrogen-bond donors (Lipinski definition) is 3. The van der Waals surface area contributed by atoms with Crippen molar-refractivity contribution in [2.45, 2.75) is 19.4 Å². The molecule has 0 spiro atoms. The van der Waals surface area contributed by atoms with Gasteiger partial charge in [0, 0.05) is 5.69 Å². The summed E-state index contributed by atoms with van der Waals surface area (Å²) in [5, 5.41) is 22.0. The van der Waals surface area contributed by atoms with E-state index in [1.54, 1.807) is 6.07 Å². The number of rotatable bonds is 3. The molecule has 100 valence electrons. The number of carboxylic acids is 1. The highest BCUT2D eigenvalue weighted by Gasteiger charge is 2.28. The molecule has 3 N–H and O–H groups in total. The summed E-state index contributed by atoms with van der Waals surface area (Å²) in [6, 6.07) is 4.33. The number of nitrogens with zero attached hydrogens (tertiary/aromatic N) is 1. The quantitative estimate of drug-likeness (QED) is 0.773. The molecule has 0 saturated heterocycles. The number of carbonyl (C=O) groups excluding carboxylic acids is 1. The molecule has 1 aromatic rings. The number of anilines is 1. The first-order chi connectivity index (χ1) is 8.76. The predicted octanol–water partition coefficient (Wildman–Crippen LogP) is 1.68. The lowest BCUT2D eigenvalue weighted by Crippen LogP contribution is -2.51. The van der Waals surface area contributed by atoms with Crippen molar-refractivity contribution in [1.29, 1.82) is 5.26 Å². The van der Waals surface area contributed by atoms with Crippen LogP contribution in [0, 0.1) is 17.1 Å². The molecule has 0 saturated carbocycles. The molecule has 19 heavy (non-hydrogen) atoms. The van der Waals surface area contributed by atoms with Gasteiger partial charge in [0.25, 0.3) is 0 Å². The van der Waals surface area contributed by atoms with Gasteiger partial charge in [0.15, 0.2) is 0 Å². The Morgan fingerprint density at radius 2 is 2.05 bits per heavy atom. The Hall–Kier alpha value is -2.62. The van der Waals surface area contributed by atoms with E-state index in [1.807, 2.05) is 0 Å². The fourth-order valence-corrected chi connectivity index (χ4v) is 1.19. The average molecular weight is 265 g/mol. The fraction of sp³-hybridized carbons (Fsp3) is 0.250. The van der Waals surface area contributed by atoms with Crippen molar-refractivity contribution in [1.82, 2.24) is 5.32 Å². The van der Waals surface area contributed by atoms with E-state index in [0.29, 0.717) is 0 Å². The van der Waals surface area contributed by atoms with E-state index in [1.165, 1.54) is 19.9 Å². The lowest BCUT2D eigenvalue weighted by Gasteiger charge is -2.21. The number of carboxylic acid groups (broad SMARTS) is 1. The van der Waals surface area contributed by atoms with Crippen molar-refractivity contribution in [3.63, 3.8) is 0 Å². The van der Waals surface area contributed by atoms with Crippen LogP contribution in [0.15, 0.2) is 18.2 Å². The lowest BCUT2D eigenvalue weighted by molar-refractivity contribution is -0.142. The van der Waals surface area contributed by atoms with Gasteiger partial charge >= 0.3 is 12.0 Å². The third-order valence-corrected chi connectivity index (χ3v) is 2.31. The van der Waals surface area contributed by atoms with Crippen molar-refractivity contribution < 1.29 is 19.1 Å². The summed E-state index contributed by atoms with van der Waals surface area (Å²) in [5.74, 6) is -1.89. The number of carbonyl (C=O) groups is 2. The first-order valence-electron chi connectivity index (χ1n) is 5.28. The SMILES string of the molecule is CC(C)(NC(=O)Nc1ccc(F)c(C#N)c1)C(=O)O. The van der Waals surface area contributed by atoms with Crippen LogP contribution in [0.4, 0.5) is 14.9 Å². The minimum atomic E-state index is -1.44. The van der Waals surface area contributed by atoms with Crippen LogP contribution in [0.5, 0.6) is 0 Å². The maximum atomic E-state index is 13.1. The normalized spacial score (nSPS) is 10.4. The van der Waals surface area contributed by atoms with E-state index in [2.05, 4.69) is 10.6 Å². The van der Waals surface area contributed by atoms with Crippen LogP contribution in [-0.2, 0) is 4.79 Å². The highest BCUT2D eigenvalue weighted by Crippen LogP contribution is 2.14. The van der Waals surface area contributed by atoms with E-state index in [4.69, 9.17) is 10.4 Å². The summed E-state index contributed by atoms with van der Waals surface area (Å²) in [7, 11) is 0. The molecule has 0 fully saturated rings. The smallest absolute Gasteiger partial charge is 0.328 e. The summed E-state index contributed by atoms with van der Waals surface area (Å²) in [4.78, 5) is 22.4. The van der Waals surface area contributed by atoms with E-state index < -0.39 is 23.4 Å². The highest BCUT2D eigenvalue weighted by atomic mass is 19.1. The van der Waals surface area contributed by atoms with Gasteiger partial charge in [-0.05, 0) is 32.0 Å². The van der Waals surface area contributed by atoms with Gasteiger partial charge in [0.1, 0.15) is 17.4 Å². The Labute approximate surface area is 108 Å². The zero-order chi connectivity index (χ0) is 14.6. The molecule has 0 aliphatic carbocycles. The van der Waals surface area contributed by atoms with Crippen molar-refractivity contribution in [3.05, 3.63) is 29.6 Å². The monoisotopic (exact) mass is 265 g/mol. The van der Waals surface area contributed by atoms with Gasteiger partial charge in [-0.25, -0.2) is 14.0 Å². The maximum Gasteiger partial charge on any atom is 0.328 e. The Balaban J connectivity index is 2.79. The van der Waals surface area contributed by atoms with E-state index in [9.17, 15) is 14.0 Å². The van der Waals surface area contributed by atoms with Gasteiger partial charge in [0.2, 0.25) is 0 Å². The highest BCUT2D eigenvalue weighted by molar-refractivity contribution is 5.93. The summed E-state index contributed by atoms with van der Waals surface area (Å²) in [6.45, 7) is 2.64. The molecule has 2 amide bonds. The van der Waals surface area contributed by atoms with Crippen LogP contribution in [0.2, 0.25) is 0 Å². The van der Waals surface area contributed by atoms with Gasteiger partial charge in [0.05, 0.1) is 5.56 Å². The van der Waals surface area contributed by atoms with Gasteiger partial charge in [-0.15, -0.1) is 0 Å². The number of amides is 2. The molecule has 0 heterocycles. The van der Waals surface area contributed by atoms with Crippen LogP contribution >= 0.6 is 0 Å². The minimum Gasteiger partial charge on any atom is -0.480 e. The van der Waals surface area contributed by atoms with Crippen LogP contribution in [0.25, 0.3) is 0 Å². The summed E-state index contributed by atoms with van der Waals surface area (Å²) >= 11 is 0. The summed E-state index contributed by atoms with van der Waals surface area (Å²) < 4.78 is 13.1. The standard InChI is InChI=1S/C12H12FN3O3/c1-12(2,10(17)18)16-11(19)15-8-3-4-9(13)7(5-8)6-14/h3-5H,1-2H3,(H,17,18)(H2,15,16,19). The lowest BCUT2D eigenvalue weighted by atomic mass is 10.1. The number of nitrogens with one attached hydrogen (secondary N) is 2. The molecule has 0 atom stereocenters. The number of aliphatic carboxylic acids is 1. The first-order valence-corrected chi connectivity index (χ1v) is 5.28. The van der Waals surface area contributed by atoms with Gasteiger partial charge in [-0.2, -0.15) is 5.26 Å². The molecule has 0 unspecified atom stereocenters. The molecule has 0 aromatic heterocycles. The van der Waals surface area contributed by atoms with Gasteiger partial charge < -0.3 is 15.7 Å². The Morgan fingerprint density at radius 1 is 1.42 bits per heavy atom. The Bertz CT molecular complexity index is 564. The zero-order valence-electron chi connectivity index (χ0n) is 10.3. The van der Waals surface area contributed by atoms with Crippen molar-refractivity contribution >= 4 is 17.7 Å². The topological polar surface area (TPSA) is 102 Å². The second kappa shape index (κ2) is 5.35. The number of hydrogen-bond acceptors (Lipinski definition) is 3. The van der Waals surface area contributed by atoms with E-state index in [-0.39, 0.29) is 11.3 Å². The van der Waals surface area contributed by atoms with E-state index >= 15 is 0 Å². The van der Waals surface area contributed by atoms with Gasteiger partial charge in [-0.3, -0.25) is 0 Å².